The van der Waals surface area contributed by atoms with Gasteiger partial charge in [0.2, 0.25) is 5.88 Å². The highest BCUT2D eigenvalue weighted by molar-refractivity contribution is 5.22. The lowest BCUT2D eigenvalue weighted by Gasteiger charge is -2.07. The Hall–Kier alpha value is -1.09. The predicted octanol–water partition coefficient (Wildman–Crippen LogP) is 1.17. The maximum absolute atomic E-state index is 5.01. The number of hydrogen-bond donors (Lipinski definition) is 1. The van der Waals surface area contributed by atoms with Gasteiger partial charge in [0.15, 0.2) is 0 Å². The molecule has 0 bridgehead atoms. The Labute approximate surface area is 78.1 Å². The predicted molar refractivity (Wildman–Crippen MR) is 51.0 cm³/mol. The van der Waals surface area contributed by atoms with Crippen LogP contribution >= 0.6 is 0 Å². The third-order valence-corrected chi connectivity index (χ3v) is 2.50. The summed E-state index contributed by atoms with van der Waals surface area (Å²) >= 11 is 0. The van der Waals surface area contributed by atoms with E-state index >= 15 is 0 Å². The van der Waals surface area contributed by atoms with Crippen LogP contribution in [-0.2, 0) is 0 Å². The highest BCUT2D eigenvalue weighted by Crippen LogP contribution is 2.22. The van der Waals surface area contributed by atoms with E-state index in [-0.39, 0.29) is 0 Å². The zero-order chi connectivity index (χ0) is 9.10. The van der Waals surface area contributed by atoms with Gasteiger partial charge < -0.3 is 10.1 Å². The fraction of sp³-hybridized carbons (Fsp3) is 0.500. The molecule has 1 aromatic heterocycles. The average molecular weight is 178 g/mol. The number of nitrogens with zero attached hydrogens (tertiary/aromatic N) is 1. The SMILES string of the molecule is COc1ccc([C@@H]2CCNC2)cn1. The van der Waals surface area contributed by atoms with Crippen molar-refractivity contribution in [1.82, 2.24) is 10.3 Å². The van der Waals surface area contributed by atoms with Gasteiger partial charge in [-0.15, -0.1) is 0 Å². The van der Waals surface area contributed by atoms with Crippen LogP contribution in [0.4, 0.5) is 0 Å². The second-order valence-electron chi connectivity index (χ2n) is 3.32. The minimum Gasteiger partial charge on any atom is -0.481 e. The normalized spacial score (nSPS) is 21.8. The molecule has 1 aliphatic rings. The zero-order valence-electron chi connectivity index (χ0n) is 7.79. The number of pyridine rings is 1. The molecule has 0 radical (unpaired) electrons. The highest BCUT2D eigenvalue weighted by atomic mass is 16.5. The van der Waals surface area contributed by atoms with Crippen molar-refractivity contribution in [2.75, 3.05) is 20.2 Å². The molecular formula is C10H14N2O. The summed E-state index contributed by atoms with van der Waals surface area (Å²) in [6.45, 7) is 2.20. The monoisotopic (exact) mass is 178 g/mol. The molecule has 2 rings (SSSR count). The minimum atomic E-state index is 0.637. The smallest absolute Gasteiger partial charge is 0.212 e. The van der Waals surface area contributed by atoms with Crippen LogP contribution in [-0.4, -0.2) is 25.2 Å². The Kier molecular flexibility index (Phi) is 2.45. The molecule has 2 heterocycles. The van der Waals surface area contributed by atoms with Crippen molar-refractivity contribution < 1.29 is 4.74 Å². The Morgan fingerprint density at radius 1 is 1.54 bits per heavy atom. The van der Waals surface area contributed by atoms with Crippen molar-refractivity contribution in [1.29, 1.82) is 0 Å². The van der Waals surface area contributed by atoms with E-state index in [2.05, 4.69) is 16.4 Å². The van der Waals surface area contributed by atoms with Gasteiger partial charge in [-0.3, -0.25) is 0 Å². The van der Waals surface area contributed by atoms with E-state index < -0.39 is 0 Å². The van der Waals surface area contributed by atoms with Gasteiger partial charge in [-0.1, -0.05) is 6.07 Å². The zero-order valence-corrected chi connectivity index (χ0v) is 7.79. The summed E-state index contributed by atoms with van der Waals surface area (Å²) in [7, 11) is 1.64. The number of methoxy groups -OCH3 is 1. The molecule has 0 spiro atoms. The van der Waals surface area contributed by atoms with Crippen LogP contribution in [0.3, 0.4) is 0 Å². The van der Waals surface area contributed by atoms with Crippen LogP contribution in [0.2, 0.25) is 0 Å². The van der Waals surface area contributed by atoms with Crippen LogP contribution in [0.5, 0.6) is 5.88 Å². The van der Waals surface area contributed by atoms with E-state index in [9.17, 15) is 0 Å². The van der Waals surface area contributed by atoms with E-state index in [4.69, 9.17) is 4.74 Å². The fourth-order valence-corrected chi connectivity index (χ4v) is 1.69. The van der Waals surface area contributed by atoms with E-state index in [1.54, 1.807) is 7.11 Å². The van der Waals surface area contributed by atoms with Crippen molar-refractivity contribution in [2.45, 2.75) is 12.3 Å². The van der Waals surface area contributed by atoms with E-state index in [1.165, 1.54) is 12.0 Å². The quantitative estimate of drug-likeness (QED) is 0.738. The van der Waals surface area contributed by atoms with Crippen molar-refractivity contribution in [3.8, 4) is 5.88 Å². The van der Waals surface area contributed by atoms with E-state index in [1.807, 2.05) is 12.3 Å². The summed E-state index contributed by atoms with van der Waals surface area (Å²) in [4.78, 5) is 4.19. The number of nitrogens with one attached hydrogen (secondary N) is 1. The summed E-state index contributed by atoms with van der Waals surface area (Å²) in [5.74, 6) is 1.33. The number of aromatic nitrogens is 1. The molecule has 0 unspecified atom stereocenters. The first kappa shape index (κ1) is 8.51. The molecule has 3 nitrogen and oxygen atoms in total. The van der Waals surface area contributed by atoms with Crippen molar-refractivity contribution >= 4 is 0 Å². The van der Waals surface area contributed by atoms with Crippen LogP contribution < -0.4 is 10.1 Å². The maximum atomic E-state index is 5.01. The Bertz CT molecular complexity index is 265. The van der Waals surface area contributed by atoms with Gasteiger partial charge in [-0.05, 0) is 24.4 Å². The molecule has 70 valence electrons. The van der Waals surface area contributed by atoms with Crippen LogP contribution in [0.25, 0.3) is 0 Å². The summed E-state index contributed by atoms with van der Waals surface area (Å²) in [5, 5.41) is 3.34. The molecular weight excluding hydrogens is 164 g/mol. The molecule has 0 amide bonds. The molecule has 0 saturated carbocycles. The first-order valence-corrected chi connectivity index (χ1v) is 4.61. The Balaban J connectivity index is 2.12. The summed E-state index contributed by atoms with van der Waals surface area (Å²) in [6.07, 6.45) is 3.13. The molecule has 1 fully saturated rings. The number of rotatable bonds is 2. The standard InChI is InChI=1S/C10H14N2O/c1-13-10-3-2-8(7-12-10)9-4-5-11-6-9/h2-3,7,9,11H,4-6H2,1H3/t9-/m1/s1. The van der Waals surface area contributed by atoms with Gasteiger partial charge in [0, 0.05) is 18.8 Å². The molecule has 1 aliphatic heterocycles. The van der Waals surface area contributed by atoms with Gasteiger partial charge in [-0.25, -0.2) is 4.98 Å². The van der Waals surface area contributed by atoms with Crippen LogP contribution in [0.1, 0.15) is 17.9 Å². The van der Waals surface area contributed by atoms with Crippen molar-refractivity contribution in [3.63, 3.8) is 0 Å². The van der Waals surface area contributed by atoms with Gasteiger partial charge in [0.25, 0.3) is 0 Å². The summed E-state index contributed by atoms with van der Waals surface area (Å²) < 4.78 is 5.01. The molecule has 1 atom stereocenters. The lowest BCUT2D eigenvalue weighted by Crippen LogP contribution is -2.08. The van der Waals surface area contributed by atoms with E-state index in [0.717, 1.165) is 13.1 Å². The molecule has 3 heteroatoms. The fourth-order valence-electron chi connectivity index (χ4n) is 1.69. The van der Waals surface area contributed by atoms with Gasteiger partial charge in [0.05, 0.1) is 7.11 Å². The summed E-state index contributed by atoms with van der Waals surface area (Å²) in [6, 6.07) is 4.02. The molecule has 1 N–H and O–H groups in total. The third-order valence-electron chi connectivity index (χ3n) is 2.50. The number of ether oxygens (including phenoxy) is 1. The number of hydrogen-bond acceptors (Lipinski definition) is 3. The average Bonchev–Trinajstić information content (AvgIpc) is 2.71. The first-order valence-electron chi connectivity index (χ1n) is 4.61. The minimum absolute atomic E-state index is 0.637. The van der Waals surface area contributed by atoms with E-state index in [0.29, 0.717) is 11.8 Å². The van der Waals surface area contributed by atoms with Crippen molar-refractivity contribution in [2.24, 2.45) is 0 Å². The summed E-state index contributed by atoms with van der Waals surface area (Å²) in [5.41, 5.74) is 1.31. The van der Waals surface area contributed by atoms with Gasteiger partial charge >= 0.3 is 0 Å². The van der Waals surface area contributed by atoms with Crippen LogP contribution in [0.15, 0.2) is 18.3 Å². The molecule has 1 aromatic rings. The lowest BCUT2D eigenvalue weighted by molar-refractivity contribution is 0.397. The molecule has 1 saturated heterocycles. The highest BCUT2D eigenvalue weighted by Gasteiger charge is 2.16. The lowest BCUT2D eigenvalue weighted by atomic mass is 10.0. The third kappa shape index (κ3) is 1.80. The van der Waals surface area contributed by atoms with Gasteiger partial charge in [0.1, 0.15) is 0 Å². The Morgan fingerprint density at radius 3 is 3.00 bits per heavy atom. The van der Waals surface area contributed by atoms with Crippen LogP contribution in [0, 0.1) is 0 Å². The molecule has 13 heavy (non-hydrogen) atoms. The second-order valence-corrected chi connectivity index (χ2v) is 3.32. The molecule has 0 aliphatic carbocycles. The first-order chi connectivity index (χ1) is 6.40. The maximum Gasteiger partial charge on any atom is 0.212 e. The topological polar surface area (TPSA) is 34.1 Å². The molecule has 0 aromatic carbocycles. The largest absolute Gasteiger partial charge is 0.481 e. The Morgan fingerprint density at radius 2 is 2.46 bits per heavy atom. The van der Waals surface area contributed by atoms with Crippen molar-refractivity contribution in [3.05, 3.63) is 23.9 Å². The second kappa shape index (κ2) is 3.75. The van der Waals surface area contributed by atoms with Gasteiger partial charge in [-0.2, -0.15) is 0 Å².